The molecule has 0 atom stereocenters. The van der Waals surface area contributed by atoms with E-state index in [0.717, 1.165) is 23.4 Å². The van der Waals surface area contributed by atoms with Gasteiger partial charge < -0.3 is 24.8 Å². The number of ether oxygens (including phenoxy) is 3. The Labute approximate surface area is 163 Å². The Balaban J connectivity index is 1.97. The van der Waals surface area contributed by atoms with Gasteiger partial charge in [0.05, 0.1) is 21.3 Å². The third-order valence-corrected chi connectivity index (χ3v) is 5.51. The van der Waals surface area contributed by atoms with Gasteiger partial charge in [0.25, 0.3) is 0 Å². The van der Waals surface area contributed by atoms with E-state index in [-0.39, 0.29) is 0 Å². The lowest BCUT2D eigenvalue weighted by atomic mass is 9.80. The van der Waals surface area contributed by atoms with E-state index in [1.54, 1.807) is 28.4 Å². The fraction of sp³-hybridized carbons (Fsp3) is 0.667. The van der Waals surface area contributed by atoms with Crippen LogP contribution in [0.1, 0.15) is 45.1 Å². The quantitative estimate of drug-likeness (QED) is 0.562. The first-order chi connectivity index (χ1) is 13.0. The molecule has 0 amide bonds. The molecule has 152 valence electrons. The molecule has 0 saturated heterocycles. The van der Waals surface area contributed by atoms with Crippen LogP contribution in [0.4, 0.5) is 0 Å². The zero-order chi connectivity index (χ0) is 19.8. The van der Waals surface area contributed by atoms with Crippen LogP contribution in [0.5, 0.6) is 17.2 Å². The molecule has 6 nitrogen and oxygen atoms in total. The van der Waals surface area contributed by atoms with Gasteiger partial charge in [-0.2, -0.15) is 0 Å². The smallest absolute Gasteiger partial charge is 0.203 e. The van der Waals surface area contributed by atoms with Gasteiger partial charge in [-0.15, -0.1) is 0 Å². The molecule has 1 fully saturated rings. The maximum Gasteiger partial charge on any atom is 0.203 e. The van der Waals surface area contributed by atoms with Crippen molar-refractivity contribution >= 4 is 5.96 Å². The van der Waals surface area contributed by atoms with E-state index in [1.165, 1.54) is 25.7 Å². The van der Waals surface area contributed by atoms with Crippen LogP contribution in [0, 0.1) is 11.8 Å². The molecule has 0 spiro atoms. The molecule has 27 heavy (non-hydrogen) atoms. The molecule has 0 radical (unpaired) electrons. The Morgan fingerprint density at radius 2 is 1.70 bits per heavy atom. The van der Waals surface area contributed by atoms with E-state index in [1.807, 2.05) is 12.1 Å². The average Bonchev–Trinajstić information content (AvgIpc) is 2.70. The van der Waals surface area contributed by atoms with Crippen molar-refractivity contribution in [1.29, 1.82) is 0 Å². The summed E-state index contributed by atoms with van der Waals surface area (Å²) in [5.74, 6) is 4.39. The molecule has 1 aromatic carbocycles. The van der Waals surface area contributed by atoms with Gasteiger partial charge >= 0.3 is 0 Å². The molecule has 1 aliphatic rings. The summed E-state index contributed by atoms with van der Waals surface area (Å²) in [6.07, 6.45) is 4.97. The Bertz CT molecular complexity index is 623. The Morgan fingerprint density at radius 3 is 2.22 bits per heavy atom. The van der Waals surface area contributed by atoms with Crippen molar-refractivity contribution in [1.82, 2.24) is 10.6 Å². The lowest BCUT2D eigenvalue weighted by Gasteiger charge is -2.32. The number of nitrogens with one attached hydrogen (secondary N) is 2. The molecule has 2 N–H and O–H groups in total. The molecule has 1 aromatic rings. The topological polar surface area (TPSA) is 64.1 Å². The van der Waals surface area contributed by atoms with E-state index in [2.05, 4.69) is 29.5 Å². The third kappa shape index (κ3) is 5.44. The van der Waals surface area contributed by atoms with Gasteiger partial charge in [0, 0.05) is 25.2 Å². The second kappa shape index (κ2) is 10.3. The average molecular weight is 378 g/mol. The minimum Gasteiger partial charge on any atom is -0.493 e. The fourth-order valence-corrected chi connectivity index (χ4v) is 3.80. The van der Waals surface area contributed by atoms with Crippen molar-refractivity contribution in [2.75, 3.05) is 28.4 Å². The molecule has 0 bridgehead atoms. The van der Waals surface area contributed by atoms with Gasteiger partial charge in [-0.1, -0.05) is 13.8 Å². The highest BCUT2D eigenvalue weighted by Gasteiger charge is 2.24. The highest BCUT2D eigenvalue weighted by atomic mass is 16.5. The van der Waals surface area contributed by atoms with Gasteiger partial charge in [0.15, 0.2) is 17.5 Å². The van der Waals surface area contributed by atoms with Crippen molar-refractivity contribution in [3.63, 3.8) is 0 Å². The predicted molar refractivity (Wildman–Crippen MR) is 110 cm³/mol. The third-order valence-electron chi connectivity index (χ3n) is 5.51. The van der Waals surface area contributed by atoms with Crippen molar-refractivity contribution in [2.45, 2.75) is 52.1 Å². The van der Waals surface area contributed by atoms with E-state index < -0.39 is 0 Å². The zero-order valence-electron chi connectivity index (χ0n) is 17.6. The first-order valence-corrected chi connectivity index (χ1v) is 9.79. The molecule has 0 unspecified atom stereocenters. The summed E-state index contributed by atoms with van der Waals surface area (Å²) in [7, 11) is 6.68. The van der Waals surface area contributed by atoms with E-state index in [0.29, 0.717) is 29.8 Å². The SMILES string of the molecule is CN=C(NCc1ccc(OC)c(OC)c1OC)NC1CCC(C(C)C)CC1. The van der Waals surface area contributed by atoms with Crippen LogP contribution in [0.2, 0.25) is 0 Å². The summed E-state index contributed by atoms with van der Waals surface area (Å²) in [6, 6.07) is 4.36. The van der Waals surface area contributed by atoms with Crippen LogP contribution in [-0.4, -0.2) is 40.4 Å². The highest BCUT2D eigenvalue weighted by molar-refractivity contribution is 5.80. The van der Waals surface area contributed by atoms with Crippen LogP contribution in [0.25, 0.3) is 0 Å². The number of methoxy groups -OCH3 is 3. The zero-order valence-corrected chi connectivity index (χ0v) is 17.6. The van der Waals surface area contributed by atoms with Crippen LogP contribution in [-0.2, 0) is 6.54 Å². The van der Waals surface area contributed by atoms with Crippen LogP contribution in [0.15, 0.2) is 17.1 Å². The van der Waals surface area contributed by atoms with Crippen LogP contribution < -0.4 is 24.8 Å². The Kier molecular flexibility index (Phi) is 8.07. The molecule has 6 heteroatoms. The number of aliphatic imine (C=N–C) groups is 1. The summed E-state index contributed by atoms with van der Waals surface area (Å²) in [5.41, 5.74) is 0.988. The van der Waals surface area contributed by atoms with E-state index in [9.17, 15) is 0 Å². The van der Waals surface area contributed by atoms with Gasteiger partial charge in [-0.05, 0) is 49.7 Å². The lowest BCUT2D eigenvalue weighted by molar-refractivity contribution is 0.250. The molecule has 0 aromatic heterocycles. The lowest BCUT2D eigenvalue weighted by Crippen LogP contribution is -2.44. The summed E-state index contributed by atoms with van der Waals surface area (Å²) >= 11 is 0. The Hall–Kier alpha value is -2.11. The largest absolute Gasteiger partial charge is 0.493 e. The number of guanidine groups is 1. The molecule has 2 rings (SSSR count). The van der Waals surface area contributed by atoms with Crippen molar-refractivity contribution in [2.24, 2.45) is 16.8 Å². The molecular formula is C21H35N3O3. The summed E-state index contributed by atoms with van der Waals surface area (Å²) in [6.45, 7) is 5.25. The van der Waals surface area contributed by atoms with Gasteiger partial charge in [0.1, 0.15) is 0 Å². The number of rotatable bonds is 7. The Morgan fingerprint density at radius 1 is 1.04 bits per heavy atom. The first kappa shape index (κ1) is 21.2. The molecule has 1 saturated carbocycles. The number of nitrogens with zero attached hydrogens (tertiary/aromatic N) is 1. The van der Waals surface area contributed by atoms with Crippen LogP contribution >= 0.6 is 0 Å². The monoisotopic (exact) mass is 377 g/mol. The summed E-state index contributed by atoms with van der Waals surface area (Å²) in [4.78, 5) is 4.38. The van der Waals surface area contributed by atoms with E-state index >= 15 is 0 Å². The fourth-order valence-electron chi connectivity index (χ4n) is 3.80. The number of hydrogen-bond acceptors (Lipinski definition) is 4. The molecule has 0 heterocycles. The summed E-state index contributed by atoms with van der Waals surface area (Å²) in [5, 5.41) is 6.96. The maximum atomic E-state index is 5.55. The normalized spacial score (nSPS) is 20.3. The van der Waals surface area contributed by atoms with Crippen molar-refractivity contribution in [3.05, 3.63) is 17.7 Å². The van der Waals surface area contributed by atoms with Gasteiger partial charge in [0.2, 0.25) is 5.75 Å². The van der Waals surface area contributed by atoms with Gasteiger partial charge in [-0.25, -0.2) is 0 Å². The maximum absolute atomic E-state index is 5.55. The van der Waals surface area contributed by atoms with Crippen molar-refractivity contribution in [3.8, 4) is 17.2 Å². The molecule has 0 aliphatic heterocycles. The van der Waals surface area contributed by atoms with E-state index in [4.69, 9.17) is 14.2 Å². The predicted octanol–water partition coefficient (Wildman–Crippen LogP) is 3.59. The molecular weight excluding hydrogens is 342 g/mol. The van der Waals surface area contributed by atoms with Crippen molar-refractivity contribution < 1.29 is 14.2 Å². The highest BCUT2D eigenvalue weighted by Crippen LogP contribution is 2.39. The molecule has 1 aliphatic carbocycles. The summed E-state index contributed by atoms with van der Waals surface area (Å²) < 4.78 is 16.4. The number of hydrogen-bond donors (Lipinski definition) is 2. The minimum absolute atomic E-state index is 0.485. The van der Waals surface area contributed by atoms with Crippen LogP contribution in [0.3, 0.4) is 0 Å². The van der Waals surface area contributed by atoms with Gasteiger partial charge in [-0.3, -0.25) is 4.99 Å². The second-order valence-corrected chi connectivity index (χ2v) is 7.42. The standard InChI is InChI=1S/C21H35N3O3/c1-14(2)15-7-10-17(11-8-15)24-21(22-3)23-13-16-9-12-18(25-4)20(27-6)19(16)26-5/h9,12,14-15,17H,7-8,10-11,13H2,1-6H3,(H2,22,23,24). The minimum atomic E-state index is 0.485. The number of benzene rings is 1. The first-order valence-electron chi connectivity index (χ1n) is 9.79. The second-order valence-electron chi connectivity index (χ2n) is 7.42.